The van der Waals surface area contributed by atoms with E-state index < -0.39 is 0 Å². The minimum Gasteiger partial charge on any atom is -0.379 e. The van der Waals surface area contributed by atoms with E-state index in [-0.39, 0.29) is 17.9 Å². The van der Waals surface area contributed by atoms with E-state index in [9.17, 15) is 4.79 Å². The van der Waals surface area contributed by atoms with Crippen molar-refractivity contribution in [3.05, 3.63) is 59.2 Å². The number of aromatic nitrogens is 2. The molecule has 0 bridgehead atoms. The molecule has 3 heterocycles. The number of ether oxygens (including phenoxy) is 1. The van der Waals surface area contributed by atoms with Crippen LogP contribution < -0.4 is 5.32 Å². The summed E-state index contributed by atoms with van der Waals surface area (Å²) in [5, 5.41) is 3.09. The van der Waals surface area contributed by atoms with E-state index in [1.165, 1.54) is 5.56 Å². The minimum atomic E-state index is -0.0872. The van der Waals surface area contributed by atoms with E-state index in [0.717, 1.165) is 17.7 Å². The van der Waals surface area contributed by atoms with E-state index in [1.54, 1.807) is 18.6 Å². The summed E-state index contributed by atoms with van der Waals surface area (Å²) in [7, 11) is 0. The highest BCUT2D eigenvalue weighted by Gasteiger charge is 2.30. The molecule has 1 aliphatic heterocycles. The van der Waals surface area contributed by atoms with E-state index >= 15 is 0 Å². The smallest absolute Gasteiger partial charge is 0.253 e. The highest BCUT2D eigenvalue weighted by atomic mass is 16.5. The molecule has 120 valence electrons. The van der Waals surface area contributed by atoms with Crippen LogP contribution in [0.3, 0.4) is 0 Å². The summed E-state index contributed by atoms with van der Waals surface area (Å²) in [4.78, 5) is 20.7. The zero-order valence-electron chi connectivity index (χ0n) is 13.5. The summed E-state index contributed by atoms with van der Waals surface area (Å²) in [6.45, 7) is 5.12. The first-order valence-electron chi connectivity index (χ1n) is 7.84. The quantitative estimate of drug-likeness (QED) is 0.939. The summed E-state index contributed by atoms with van der Waals surface area (Å²) in [5.41, 5.74) is 3.78. The van der Waals surface area contributed by atoms with Crippen LogP contribution >= 0.6 is 0 Å². The average molecular weight is 311 g/mol. The standard InChI is InChI=1S/C18H21N3O2/c1-12-7-15(9-20-13(12)2)18(22)21-17-11-23-10-16(17)8-14-3-5-19-6-4-14/h3-7,9,16-17H,8,10-11H2,1-2H3,(H,21,22)/t16-,17-/m1/s1. The van der Waals surface area contributed by atoms with Gasteiger partial charge in [-0.2, -0.15) is 0 Å². The number of rotatable bonds is 4. The third kappa shape index (κ3) is 3.74. The molecule has 1 N–H and O–H groups in total. The van der Waals surface area contributed by atoms with Gasteiger partial charge in [-0.15, -0.1) is 0 Å². The van der Waals surface area contributed by atoms with E-state index in [2.05, 4.69) is 15.3 Å². The Hall–Kier alpha value is -2.27. The lowest BCUT2D eigenvalue weighted by Gasteiger charge is -2.19. The van der Waals surface area contributed by atoms with Gasteiger partial charge in [0.25, 0.3) is 5.91 Å². The maximum absolute atomic E-state index is 12.4. The van der Waals surface area contributed by atoms with Crippen LogP contribution in [0.15, 0.2) is 36.8 Å². The van der Waals surface area contributed by atoms with Crippen molar-refractivity contribution in [2.24, 2.45) is 5.92 Å². The lowest BCUT2D eigenvalue weighted by Crippen LogP contribution is -2.40. The van der Waals surface area contributed by atoms with Crippen LogP contribution in [0, 0.1) is 19.8 Å². The lowest BCUT2D eigenvalue weighted by atomic mass is 9.95. The van der Waals surface area contributed by atoms with Gasteiger partial charge >= 0.3 is 0 Å². The molecule has 2 atom stereocenters. The number of aryl methyl sites for hydroxylation is 2. The van der Waals surface area contributed by atoms with Gasteiger partial charge in [0.1, 0.15) is 0 Å². The van der Waals surface area contributed by atoms with Gasteiger partial charge in [-0.1, -0.05) is 0 Å². The van der Waals surface area contributed by atoms with Crippen LogP contribution in [0.25, 0.3) is 0 Å². The number of hydrogen-bond acceptors (Lipinski definition) is 4. The molecule has 0 unspecified atom stereocenters. The second kappa shape index (κ2) is 6.87. The van der Waals surface area contributed by atoms with Gasteiger partial charge < -0.3 is 10.1 Å². The molecule has 23 heavy (non-hydrogen) atoms. The number of nitrogens with zero attached hydrogens (tertiary/aromatic N) is 2. The summed E-state index contributed by atoms with van der Waals surface area (Å²) in [6, 6.07) is 5.91. The number of carbonyl (C=O) groups excluding carboxylic acids is 1. The van der Waals surface area contributed by atoms with Gasteiger partial charge in [0.2, 0.25) is 0 Å². The molecule has 0 aliphatic carbocycles. The average Bonchev–Trinajstić information content (AvgIpc) is 2.98. The molecular formula is C18H21N3O2. The predicted molar refractivity (Wildman–Crippen MR) is 87.2 cm³/mol. The number of carbonyl (C=O) groups is 1. The lowest BCUT2D eigenvalue weighted by molar-refractivity contribution is 0.0924. The Kier molecular flexibility index (Phi) is 4.67. The van der Waals surface area contributed by atoms with Gasteiger partial charge in [-0.3, -0.25) is 14.8 Å². The van der Waals surface area contributed by atoms with Gasteiger partial charge in [-0.05, 0) is 49.6 Å². The zero-order chi connectivity index (χ0) is 16.2. The Labute approximate surface area is 136 Å². The van der Waals surface area contributed by atoms with Crippen molar-refractivity contribution in [2.45, 2.75) is 26.3 Å². The van der Waals surface area contributed by atoms with Crippen LogP contribution in [-0.4, -0.2) is 35.1 Å². The summed E-state index contributed by atoms with van der Waals surface area (Å²) in [5.74, 6) is 0.191. The Morgan fingerprint density at radius 3 is 2.83 bits per heavy atom. The van der Waals surface area contributed by atoms with Gasteiger partial charge in [0, 0.05) is 30.2 Å². The van der Waals surface area contributed by atoms with Gasteiger partial charge in [-0.25, -0.2) is 0 Å². The fraction of sp³-hybridized carbons (Fsp3) is 0.389. The van der Waals surface area contributed by atoms with Crippen molar-refractivity contribution < 1.29 is 9.53 Å². The Morgan fingerprint density at radius 2 is 2.09 bits per heavy atom. The molecule has 3 rings (SSSR count). The van der Waals surface area contributed by atoms with Crippen molar-refractivity contribution >= 4 is 5.91 Å². The molecule has 0 saturated carbocycles. The molecule has 1 aliphatic rings. The second-order valence-electron chi connectivity index (χ2n) is 6.06. The SMILES string of the molecule is Cc1cc(C(=O)N[C@@H]2COC[C@H]2Cc2ccncc2)cnc1C. The van der Waals surface area contributed by atoms with Crippen molar-refractivity contribution in [2.75, 3.05) is 13.2 Å². The normalized spacial score (nSPS) is 20.4. The molecule has 1 fully saturated rings. The molecule has 5 heteroatoms. The summed E-state index contributed by atoms with van der Waals surface area (Å²) < 4.78 is 5.58. The van der Waals surface area contributed by atoms with E-state index in [0.29, 0.717) is 18.8 Å². The first-order valence-corrected chi connectivity index (χ1v) is 7.84. The molecule has 0 spiro atoms. The first-order chi connectivity index (χ1) is 11.1. The molecule has 1 saturated heterocycles. The highest BCUT2D eigenvalue weighted by Crippen LogP contribution is 2.19. The Bertz CT molecular complexity index is 688. The number of amides is 1. The fourth-order valence-corrected chi connectivity index (χ4v) is 2.80. The van der Waals surface area contributed by atoms with Crippen molar-refractivity contribution in [1.29, 1.82) is 0 Å². The third-order valence-corrected chi connectivity index (χ3v) is 4.36. The molecule has 2 aromatic rings. The molecule has 5 nitrogen and oxygen atoms in total. The van der Waals surface area contributed by atoms with Gasteiger partial charge in [0.15, 0.2) is 0 Å². The minimum absolute atomic E-state index is 0.0253. The predicted octanol–water partition coefficient (Wildman–Crippen LogP) is 2.08. The first kappa shape index (κ1) is 15.6. The fourth-order valence-electron chi connectivity index (χ4n) is 2.80. The molecule has 0 aromatic carbocycles. The largest absolute Gasteiger partial charge is 0.379 e. The van der Waals surface area contributed by atoms with Crippen LogP contribution in [0.2, 0.25) is 0 Å². The second-order valence-corrected chi connectivity index (χ2v) is 6.06. The summed E-state index contributed by atoms with van der Waals surface area (Å²) in [6.07, 6.45) is 6.09. The molecule has 2 aromatic heterocycles. The highest BCUT2D eigenvalue weighted by molar-refractivity contribution is 5.94. The van der Waals surface area contributed by atoms with E-state index in [4.69, 9.17) is 4.74 Å². The van der Waals surface area contributed by atoms with Crippen LogP contribution in [0.1, 0.15) is 27.2 Å². The van der Waals surface area contributed by atoms with Gasteiger partial charge in [0.05, 0.1) is 24.8 Å². The molecule has 0 radical (unpaired) electrons. The number of pyridine rings is 2. The van der Waals surface area contributed by atoms with Crippen molar-refractivity contribution in [3.8, 4) is 0 Å². The maximum Gasteiger partial charge on any atom is 0.253 e. The van der Waals surface area contributed by atoms with Crippen LogP contribution in [-0.2, 0) is 11.2 Å². The topological polar surface area (TPSA) is 64.1 Å². The Balaban J connectivity index is 1.66. The van der Waals surface area contributed by atoms with Crippen LogP contribution in [0.4, 0.5) is 0 Å². The molecule has 1 amide bonds. The number of nitrogens with one attached hydrogen (secondary N) is 1. The zero-order valence-corrected chi connectivity index (χ0v) is 13.5. The maximum atomic E-state index is 12.4. The van der Waals surface area contributed by atoms with Crippen molar-refractivity contribution in [1.82, 2.24) is 15.3 Å². The van der Waals surface area contributed by atoms with Crippen LogP contribution in [0.5, 0.6) is 0 Å². The molecular weight excluding hydrogens is 290 g/mol. The van der Waals surface area contributed by atoms with E-state index in [1.807, 2.05) is 32.0 Å². The van der Waals surface area contributed by atoms with Crippen molar-refractivity contribution in [3.63, 3.8) is 0 Å². The monoisotopic (exact) mass is 311 g/mol. The third-order valence-electron chi connectivity index (χ3n) is 4.36. The number of hydrogen-bond donors (Lipinski definition) is 1. The Morgan fingerprint density at radius 1 is 1.30 bits per heavy atom. The summed E-state index contributed by atoms with van der Waals surface area (Å²) >= 11 is 0.